The van der Waals surface area contributed by atoms with E-state index >= 15 is 0 Å². The average molecular weight is 349 g/mol. The Labute approximate surface area is 121 Å². The molecule has 1 saturated heterocycles. The molecule has 1 aliphatic heterocycles. The van der Waals surface area contributed by atoms with Gasteiger partial charge in [-0.15, -0.1) is 0 Å². The Morgan fingerprint density at radius 3 is 2.89 bits per heavy atom. The zero-order valence-electron chi connectivity index (χ0n) is 10.6. The molecule has 2 unspecified atom stereocenters. The Hall–Kier alpha value is -0.630. The number of benzene rings is 1. The first-order valence-electron chi connectivity index (χ1n) is 6.05. The molecule has 0 saturated carbocycles. The number of nitrogens with one attached hydrogen (secondary N) is 1. The van der Waals surface area contributed by atoms with Crippen molar-refractivity contribution >= 4 is 31.6 Å². The minimum Gasteiger partial charge on any atom is -0.399 e. The summed E-state index contributed by atoms with van der Waals surface area (Å²) in [6.45, 7) is 3.15. The second kappa shape index (κ2) is 5.78. The maximum atomic E-state index is 12.3. The van der Waals surface area contributed by atoms with Crippen molar-refractivity contribution in [2.24, 2.45) is 5.92 Å². The Bertz CT molecular complexity index is 556. The molecular weight excluding hydrogens is 332 g/mol. The Morgan fingerprint density at radius 2 is 2.26 bits per heavy atom. The molecule has 2 rings (SSSR count). The molecule has 19 heavy (non-hydrogen) atoms. The molecular formula is C12H17BrN2O3S. The minimum absolute atomic E-state index is 0.165. The van der Waals surface area contributed by atoms with Gasteiger partial charge in [0.15, 0.2) is 0 Å². The maximum absolute atomic E-state index is 12.3. The monoisotopic (exact) mass is 348 g/mol. The molecule has 5 nitrogen and oxygen atoms in total. The van der Waals surface area contributed by atoms with Crippen LogP contribution < -0.4 is 10.5 Å². The zero-order chi connectivity index (χ0) is 14.0. The molecule has 0 bridgehead atoms. The molecule has 0 spiro atoms. The Morgan fingerprint density at radius 1 is 1.53 bits per heavy atom. The van der Waals surface area contributed by atoms with Crippen molar-refractivity contribution in [3.63, 3.8) is 0 Å². The molecule has 7 heteroatoms. The number of ether oxygens (including phenoxy) is 1. The van der Waals surface area contributed by atoms with E-state index in [0.717, 1.165) is 6.42 Å². The topological polar surface area (TPSA) is 81.4 Å². The van der Waals surface area contributed by atoms with E-state index in [1.807, 2.05) is 6.92 Å². The van der Waals surface area contributed by atoms with Gasteiger partial charge in [0.05, 0.1) is 11.5 Å². The van der Waals surface area contributed by atoms with E-state index in [1.165, 1.54) is 6.07 Å². The number of rotatable bonds is 4. The van der Waals surface area contributed by atoms with E-state index in [-0.39, 0.29) is 16.9 Å². The highest BCUT2D eigenvalue weighted by Gasteiger charge is 2.27. The highest BCUT2D eigenvalue weighted by molar-refractivity contribution is 9.10. The molecule has 0 aromatic heterocycles. The van der Waals surface area contributed by atoms with E-state index in [2.05, 4.69) is 20.7 Å². The number of hydrogen-bond donors (Lipinski definition) is 2. The fourth-order valence-electron chi connectivity index (χ4n) is 2.08. The van der Waals surface area contributed by atoms with Crippen molar-refractivity contribution in [2.45, 2.75) is 24.3 Å². The van der Waals surface area contributed by atoms with Crippen LogP contribution in [0.5, 0.6) is 0 Å². The molecule has 1 heterocycles. The van der Waals surface area contributed by atoms with Crippen LogP contribution in [-0.2, 0) is 14.8 Å². The van der Waals surface area contributed by atoms with E-state index in [0.29, 0.717) is 23.4 Å². The first-order chi connectivity index (χ1) is 8.90. The lowest BCUT2D eigenvalue weighted by atomic mass is 10.0. The van der Waals surface area contributed by atoms with Crippen LogP contribution in [0.3, 0.4) is 0 Å². The zero-order valence-corrected chi connectivity index (χ0v) is 13.0. The summed E-state index contributed by atoms with van der Waals surface area (Å²) in [6, 6.07) is 4.57. The van der Waals surface area contributed by atoms with E-state index < -0.39 is 10.0 Å². The predicted molar refractivity (Wildman–Crippen MR) is 77.3 cm³/mol. The molecule has 2 atom stereocenters. The van der Waals surface area contributed by atoms with Crippen LogP contribution in [0.15, 0.2) is 27.6 Å². The first kappa shape index (κ1) is 14.8. The summed E-state index contributed by atoms with van der Waals surface area (Å²) in [7, 11) is -3.58. The largest absolute Gasteiger partial charge is 0.399 e. The number of nitrogen functional groups attached to an aromatic ring is 1. The normalized spacial score (nSPS) is 21.5. The second-order valence-electron chi connectivity index (χ2n) is 4.72. The SMILES string of the molecule is CC(NS(=O)(=O)c1cc(N)ccc1Br)C1CCOC1. The lowest BCUT2D eigenvalue weighted by Crippen LogP contribution is -2.38. The van der Waals surface area contributed by atoms with Gasteiger partial charge in [0.1, 0.15) is 0 Å². The lowest BCUT2D eigenvalue weighted by molar-refractivity contribution is 0.180. The lowest BCUT2D eigenvalue weighted by Gasteiger charge is -2.19. The van der Waals surface area contributed by atoms with Gasteiger partial charge in [0.2, 0.25) is 10.0 Å². The molecule has 0 amide bonds. The van der Waals surface area contributed by atoms with Crippen molar-refractivity contribution in [1.29, 1.82) is 0 Å². The molecule has 1 aliphatic rings. The summed E-state index contributed by atoms with van der Waals surface area (Å²) in [5, 5.41) is 0. The summed E-state index contributed by atoms with van der Waals surface area (Å²) in [4.78, 5) is 0.165. The third-order valence-corrected chi connectivity index (χ3v) is 5.81. The van der Waals surface area contributed by atoms with E-state index in [4.69, 9.17) is 10.5 Å². The number of anilines is 1. The standard InChI is InChI=1S/C12H17BrN2O3S/c1-8(9-4-5-18-7-9)15-19(16,17)12-6-10(14)2-3-11(12)13/h2-3,6,8-9,15H,4-5,7,14H2,1H3. The minimum atomic E-state index is -3.58. The fourth-order valence-corrected chi connectivity index (χ4v) is 4.39. The summed E-state index contributed by atoms with van der Waals surface area (Å²) < 4.78 is 33.1. The number of hydrogen-bond acceptors (Lipinski definition) is 4. The first-order valence-corrected chi connectivity index (χ1v) is 8.33. The van der Waals surface area contributed by atoms with Crippen LogP contribution in [0.2, 0.25) is 0 Å². The van der Waals surface area contributed by atoms with Crippen LogP contribution in [0, 0.1) is 5.92 Å². The van der Waals surface area contributed by atoms with E-state index in [1.54, 1.807) is 12.1 Å². The van der Waals surface area contributed by atoms with Crippen LogP contribution in [0.25, 0.3) is 0 Å². The molecule has 3 N–H and O–H groups in total. The second-order valence-corrected chi connectivity index (χ2v) is 7.26. The highest BCUT2D eigenvalue weighted by Crippen LogP contribution is 2.25. The van der Waals surface area contributed by atoms with Gasteiger partial charge >= 0.3 is 0 Å². The summed E-state index contributed by atoms with van der Waals surface area (Å²) in [5.74, 6) is 0.217. The predicted octanol–water partition coefficient (Wildman–Crippen LogP) is 1.73. The van der Waals surface area contributed by atoms with Gasteiger partial charge in [-0.05, 0) is 47.5 Å². The summed E-state index contributed by atoms with van der Waals surface area (Å²) in [5.41, 5.74) is 6.06. The van der Waals surface area contributed by atoms with Crippen molar-refractivity contribution in [2.75, 3.05) is 18.9 Å². The molecule has 1 fully saturated rings. The van der Waals surface area contributed by atoms with Crippen molar-refractivity contribution < 1.29 is 13.2 Å². The highest BCUT2D eigenvalue weighted by atomic mass is 79.9. The number of sulfonamides is 1. The van der Waals surface area contributed by atoms with Crippen molar-refractivity contribution in [1.82, 2.24) is 4.72 Å². The van der Waals surface area contributed by atoms with Crippen molar-refractivity contribution in [3.8, 4) is 0 Å². The third kappa shape index (κ3) is 3.47. The van der Waals surface area contributed by atoms with Gasteiger partial charge in [0, 0.05) is 28.7 Å². The number of nitrogens with two attached hydrogens (primary N) is 1. The van der Waals surface area contributed by atoms with Gasteiger partial charge in [-0.2, -0.15) is 0 Å². The molecule has 0 aliphatic carbocycles. The molecule has 1 aromatic carbocycles. The van der Waals surface area contributed by atoms with Gasteiger partial charge in [-0.25, -0.2) is 13.1 Å². The number of halogens is 1. The smallest absolute Gasteiger partial charge is 0.242 e. The fraction of sp³-hybridized carbons (Fsp3) is 0.500. The van der Waals surface area contributed by atoms with E-state index in [9.17, 15) is 8.42 Å². The third-order valence-electron chi connectivity index (χ3n) is 3.26. The van der Waals surface area contributed by atoms with Gasteiger partial charge < -0.3 is 10.5 Å². The molecule has 0 radical (unpaired) electrons. The molecule has 1 aromatic rings. The average Bonchev–Trinajstić information content (AvgIpc) is 2.85. The van der Waals surface area contributed by atoms with Crippen LogP contribution in [-0.4, -0.2) is 27.7 Å². The maximum Gasteiger partial charge on any atom is 0.242 e. The summed E-state index contributed by atoms with van der Waals surface area (Å²) in [6.07, 6.45) is 0.877. The van der Waals surface area contributed by atoms with Crippen LogP contribution in [0.4, 0.5) is 5.69 Å². The molecule has 106 valence electrons. The Kier molecular flexibility index (Phi) is 4.50. The van der Waals surface area contributed by atoms with Crippen LogP contribution >= 0.6 is 15.9 Å². The van der Waals surface area contributed by atoms with Gasteiger partial charge in [0.25, 0.3) is 0 Å². The quantitative estimate of drug-likeness (QED) is 0.812. The van der Waals surface area contributed by atoms with Crippen molar-refractivity contribution in [3.05, 3.63) is 22.7 Å². The Balaban J connectivity index is 2.19. The van der Waals surface area contributed by atoms with Gasteiger partial charge in [-0.1, -0.05) is 0 Å². The summed E-state index contributed by atoms with van der Waals surface area (Å²) >= 11 is 3.24. The van der Waals surface area contributed by atoms with Crippen LogP contribution in [0.1, 0.15) is 13.3 Å². The van der Waals surface area contributed by atoms with Gasteiger partial charge in [-0.3, -0.25) is 0 Å².